The van der Waals surface area contributed by atoms with Gasteiger partial charge in [-0.25, -0.2) is 4.39 Å². The molecule has 0 saturated heterocycles. The summed E-state index contributed by atoms with van der Waals surface area (Å²) < 4.78 is 13.0. The van der Waals surface area contributed by atoms with Crippen LogP contribution < -0.4 is 5.32 Å². The standard InChI is InChI=1S/C12H17ClFN/c1-3-15-8-9(2)6-10-7-11(14)4-5-12(10)13/h4-5,7,9,15H,3,6,8H2,1-2H3. The Bertz CT molecular complexity index is 314. The Hall–Kier alpha value is -0.600. The van der Waals surface area contributed by atoms with Crippen molar-refractivity contribution < 1.29 is 4.39 Å². The molecule has 0 aliphatic rings. The predicted octanol–water partition coefficient (Wildman–Crippen LogP) is 3.27. The monoisotopic (exact) mass is 229 g/mol. The highest BCUT2D eigenvalue weighted by atomic mass is 35.5. The Kier molecular flexibility index (Phi) is 5.06. The van der Waals surface area contributed by atoms with Crippen LogP contribution in [0.25, 0.3) is 0 Å². The van der Waals surface area contributed by atoms with Gasteiger partial charge in [-0.1, -0.05) is 25.4 Å². The van der Waals surface area contributed by atoms with Gasteiger partial charge in [0, 0.05) is 5.02 Å². The minimum atomic E-state index is -0.218. The third-order valence-electron chi connectivity index (χ3n) is 2.32. The molecule has 0 saturated carbocycles. The van der Waals surface area contributed by atoms with Gasteiger partial charge in [-0.05, 0) is 49.2 Å². The van der Waals surface area contributed by atoms with E-state index in [2.05, 4.69) is 19.2 Å². The van der Waals surface area contributed by atoms with Crippen molar-refractivity contribution in [1.29, 1.82) is 0 Å². The first-order chi connectivity index (χ1) is 7.13. The van der Waals surface area contributed by atoms with Gasteiger partial charge in [-0.2, -0.15) is 0 Å². The molecule has 1 unspecified atom stereocenters. The highest BCUT2D eigenvalue weighted by Gasteiger charge is 2.07. The average molecular weight is 230 g/mol. The Morgan fingerprint density at radius 2 is 2.20 bits per heavy atom. The lowest BCUT2D eigenvalue weighted by molar-refractivity contribution is 0.519. The summed E-state index contributed by atoms with van der Waals surface area (Å²) in [5.41, 5.74) is 0.891. The van der Waals surface area contributed by atoms with Crippen LogP contribution in [0.4, 0.5) is 4.39 Å². The van der Waals surface area contributed by atoms with Crippen LogP contribution in [0.5, 0.6) is 0 Å². The van der Waals surface area contributed by atoms with Crippen molar-refractivity contribution in [2.24, 2.45) is 5.92 Å². The highest BCUT2D eigenvalue weighted by Crippen LogP contribution is 2.20. The van der Waals surface area contributed by atoms with Crippen molar-refractivity contribution in [2.45, 2.75) is 20.3 Å². The second-order valence-corrected chi connectivity index (χ2v) is 4.26. The largest absolute Gasteiger partial charge is 0.317 e. The molecule has 0 aromatic heterocycles. The lowest BCUT2D eigenvalue weighted by Crippen LogP contribution is -2.22. The van der Waals surface area contributed by atoms with Crippen molar-refractivity contribution in [2.75, 3.05) is 13.1 Å². The van der Waals surface area contributed by atoms with Crippen molar-refractivity contribution >= 4 is 11.6 Å². The third kappa shape index (κ3) is 4.18. The van der Waals surface area contributed by atoms with E-state index in [9.17, 15) is 4.39 Å². The molecular formula is C12H17ClFN. The fourth-order valence-electron chi connectivity index (χ4n) is 1.54. The lowest BCUT2D eigenvalue weighted by atomic mass is 10.0. The highest BCUT2D eigenvalue weighted by molar-refractivity contribution is 6.31. The summed E-state index contributed by atoms with van der Waals surface area (Å²) in [5, 5.41) is 3.92. The Morgan fingerprint density at radius 3 is 2.87 bits per heavy atom. The van der Waals surface area contributed by atoms with Gasteiger partial charge in [0.15, 0.2) is 0 Å². The molecule has 0 aliphatic heterocycles. The number of halogens is 2. The molecule has 0 amide bonds. The zero-order valence-electron chi connectivity index (χ0n) is 9.19. The van der Waals surface area contributed by atoms with Crippen LogP contribution in [-0.4, -0.2) is 13.1 Å². The zero-order chi connectivity index (χ0) is 11.3. The zero-order valence-corrected chi connectivity index (χ0v) is 9.94. The normalized spacial score (nSPS) is 12.8. The second kappa shape index (κ2) is 6.09. The summed E-state index contributed by atoms with van der Waals surface area (Å²) in [5.74, 6) is 0.245. The van der Waals surface area contributed by atoms with Gasteiger partial charge in [-0.3, -0.25) is 0 Å². The molecule has 15 heavy (non-hydrogen) atoms. The van der Waals surface area contributed by atoms with E-state index in [0.29, 0.717) is 10.9 Å². The summed E-state index contributed by atoms with van der Waals surface area (Å²) in [6.07, 6.45) is 0.809. The van der Waals surface area contributed by atoms with E-state index in [-0.39, 0.29) is 5.82 Å². The molecule has 84 valence electrons. The van der Waals surface area contributed by atoms with Crippen LogP contribution in [-0.2, 0) is 6.42 Å². The molecule has 1 aromatic carbocycles. The maximum Gasteiger partial charge on any atom is 0.123 e. The Balaban J connectivity index is 2.59. The van der Waals surface area contributed by atoms with Crippen molar-refractivity contribution in [3.05, 3.63) is 34.6 Å². The van der Waals surface area contributed by atoms with Gasteiger partial charge in [0.25, 0.3) is 0 Å². The molecule has 1 atom stereocenters. The van der Waals surface area contributed by atoms with Crippen molar-refractivity contribution in [3.8, 4) is 0 Å². The first-order valence-corrected chi connectivity index (χ1v) is 5.66. The topological polar surface area (TPSA) is 12.0 Å². The van der Waals surface area contributed by atoms with Gasteiger partial charge in [-0.15, -0.1) is 0 Å². The molecular weight excluding hydrogens is 213 g/mol. The Labute approximate surface area is 95.6 Å². The third-order valence-corrected chi connectivity index (χ3v) is 2.69. The molecule has 0 bridgehead atoms. The van der Waals surface area contributed by atoms with Gasteiger partial charge in [0.1, 0.15) is 5.82 Å². The summed E-state index contributed by atoms with van der Waals surface area (Å²) in [7, 11) is 0. The fourth-order valence-corrected chi connectivity index (χ4v) is 1.73. The molecule has 1 N–H and O–H groups in total. The number of hydrogen-bond acceptors (Lipinski definition) is 1. The molecule has 0 fully saturated rings. The van der Waals surface area contributed by atoms with Gasteiger partial charge >= 0.3 is 0 Å². The first-order valence-electron chi connectivity index (χ1n) is 5.28. The second-order valence-electron chi connectivity index (χ2n) is 3.85. The van der Waals surface area contributed by atoms with Crippen molar-refractivity contribution in [3.63, 3.8) is 0 Å². The molecule has 0 spiro atoms. The number of benzene rings is 1. The molecule has 1 nitrogen and oxygen atoms in total. The fraction of sp³-hybridized carbons (Fsp3) is 0.500. The summed E-state index contributed by atoms with van der Waals surface area (Å²) in [6.45, 7) is 6.09. The van der Waals surface area contributed by atoms with Crippen LogP contribution in [0.2, 0.25) is 5.02 Å². The van der Waals surface area contributed by atoms with E-state index in [0.717, 1.165) is 25.1 Å². The molecule has 1 rings (SSSR count). The van der Waals surface area contributed by atoms with E-state index in [4.69, 9.17) is 11.6 Å². The minimum absolute atomic E-state index is 0.218. The molecule has 0 aliphatic carbocycles. The molecule has 0 heterocycles. The van der Waals surface area contributed by atoms with E-state index < -0.39 is 0 Å². The minimum Gasteiger partial charge on any atom is -0.317 e. The maximum atomic E-state index is 13.0. The molecule has 1 aromatic rings. The average Bonchev–Trinajstić information content (AvgIpc) is 2.20. The van der Waals surface area contributed by atoms with Crippen LogP contribution in [0.3, 0.4) is 0 Å². The van der Waals surface area contributed by atoms with Gasteiger partial charge in [0.05, 0.1) is 0 Å². The van der Waals surface area contributed by atoms with Crippen LogP contribution in [0.15, 0.2) is 18.2 Å². The predicted molar refractivity (Wildman–Crippen MR) is 62.8 cm³/mol. The van der Waals surface area contributed by atoms with Crippen LogP contribution in [0, 0.1) is 11.7 Å². The summed E-state index contributed by atoms with van der Waals surface area (Å²) in [6, 6.07) is 4.53. The van der Waals surface area contributed by atoms with E-state index >= 15 is 0 Å². The van der Waals surface area contributed by atoms with Gasteiger partial charge < -0.3 is 5.32 Å². The lowest BCUT2D eigenvalue weighted by Gasteiger charge is -2.12. The SMILES string of the molecule is CCNCC(C)Cc1cc(F)ccc1Cl. The van der Waals surface area contributed by atoms with E-state index in [1.165, 1.54) is 12.1 Å². The van der Waals surface area contributed by atoms with Crippen LogP contribution in [0.1, 0.15) is 19.4 Å². The number of rotatable bonds is 5. The maximum absolute atomic E-state index is 13.0. The van der Waals surface area contributed by atoms with E-state index in [1.54, 1.807) is 6.07 Å². The first kappa shape index (κ1) is 12.5. The van der Waals surface area contributed by atoms with Gasteiger partial charge in [0.2, 0.25) is 0 Å². The number of hydrogen-bond donors (Lipinski definition) is 1. The van der Waals surface area contributed by atoms with E-state index in [1.807, 2.05) is 0 Å². The number of nitrogens with one attached hydrogen (secondary N) is 1. The quantitative estimate of drug-likeness (QED) is 0.817. The van der Waals surface area contributed by atoms with Crippen LogP contribution >= 0.6 is 11.6 Å². The molecule has 0 radical (unpaired) electrons. The molecule has 3 heteroatoms. The Morgan fingerprint density at radius 1 is 1.47 bits per heavy atom. The van der Waals surface area contributed by atoms with Crippen molar-refractivity contribution in [1.82, 2.24) is 5.32 Å². The summed E-state index contributed by atoms with van der Waals surface area (Å²) in [4.78, 5) is 0. The smallest absolute Gasteiger partial charge is 0.123 e. The summed E-state index contributed by atoms with van der Waals surface area (Å²) >= 11 is 5.99.